The first-order valence-electron chi connectivity index (χ1n) is 16.0. The molecule has 0 saturated carbocycles. The number of unbranched alkanes of at least 4 members (excludes halogenated alkanes) is 9. The fourth-order valence-electron chi connectivity index (χ4n) is 5.84. The molecule has 0 aliphatic carbocycles. The SMILES string of the molecule is CCCCCCCCCCCCC(C)(C)C(=O)OC[N+]1(C)CCN(C2=Nc3ccccc3Nc3sc(C)cc32)CC1. The second-order valence-corrected chi connectivity index (χ2v) is 14.4. The molecule has 6 nitrogen and oxygen atoms in total. The minimum atomic E-state index is -0.427. The van der Waals surface area contributed by atoms with Crippen LogP contribution in [0.1, 0.15) is 102 Å². The number of hydrogen-bond donors (Lipinski definition) is 1. The van der Waals surface area contributed by atoms with Gasteiger partial charge in [0.25, 0.3) is 0 Å². The molecule has 1 N–H and O–H groups in total. The number of benzene rings is 1. The van der Waals surface area contributed by atoms with Gasteiger partial charge in [0.15, 0.2) is 0 Å². The standard InChI is InChI=1S/C34H53N4O2S/c1-6-7-8-9-10-11-12-13-14-17-20-34(3,4)33(39)40-26-38(5)23-21-37(22-24-38)31-28-25-27(2)41-32(28)36-30-19-16-15-18-29(30)35-31/h15-16,18-19,25,36H,6-14,17,20-24,26H2,1-5H3/q+1. The molecule has 0 bridgehead atoms. The van der Waals surface area contributed by atoms with Crippen molar-refractivity contribution in [2.45, 2.75) is 98.3 Å². The quantitative estimate of drug-likeness (QED) is 0.138. The molecule has 1 fully saturated rings. The van der Waals surface area contributed by atoms with E-state index in [1.54, 1.807) is 11.3 Å². The lowest BCUT2D eigenvalue weighted by atomic mass is 9.87. The third-order valence-corrected chi connectivity index (χ3v) is 9.77. The van der Waals surface area contributed by atoms with Gasteiger partial charge in [0.05, 0.1) is 55.6 Å². The lowest BCUT2D eigenvalue weighted by Gasteiger charge is -2.42. The topological polar surface area (TPSA) is 53.9 Å². The molecule has 1 aromatic heterocycles. The fourth-order valence-corrected chi connectivity index (χ4v) is 6.76. The monoisotopic (exact) mass is 581 g/mol. The van der Waals surface area contributed by atoms with Gasteiger partial charge in [-0.1, -0.05) is 83.3 Å². The molecule has 0 unspecified atom stereocenters. The van der Waals surface area contributed by atoms with Gasteiger partial charge in [-0.15, -0.1) is 11.3 Å². The van der Waals surface area contributed by atoms with E-state index in [-0.39, 0.29) is 5.97 Å². The van der Waals surface area contributed by atoms with Gasteiger partial charge in [-0.2, -0.15) is 0 Å². The Labute approximate surface area is 252 Å². The minimum absolute atomic E-state index is 0.0515. The van der Waals surface area contributed by atoms with Crippen molar-refractivity contribution in [3.63, 3.8) is 0 Å². The largest absolute Gasteiger partial charge is 0.415 e. The van der Waals surface area contributed by atoms with E-state index < -0.39 is 5.41 Å². The van der Waals surface area contributed by atoms with Gasteiger partial charge in [0, 0.05) is 4.88 Å². The summed E-state index contributed by atoms with van der Waals surface area (Å²) >= 11 is 1.78. The number of carbonyl (C=O) groups excluding carboxylic acids is 1. The maximum Gasteiger partial charge on any atom is 0.315 e. The fraction of sp³-hybridized carbons (Fsp3) is 0.647. The molecule has 0 radical (unpaired) electrons. The number of esters is 1. The number of thiophene rings is 1. The number of quaternary nitrogens is 1. The van der Waals surface area contributed by atoms with Crippen molar-refractivity contribution in [2.75, 3.05) is 45.3 Å². The molecule has 3 heterocycles. The molecular formula is C34H53N4O2S+. The van der Waals surface area contributed by atoms with Crippen LogP contribution in [0.4, 0.5) is 16.4 Å². The number of nitrogens with zero attached hydrogens (tertiary/aromatic N) is 3. The highest BCUT2D eigenvalue weighted by atomic mass is 32.1. The molecule has 0 atom stereocenters. The lowest BCUT2D eigenvalue weighted by molar-refractivity contribution is -0.929. The summed E-state index contributed by atoms with van der Waals surface area (Å²) in [6.45, 7) is 12.6. The molecular weight excluding hydrogens is 528 g/mol. The number of aliphatic imine (C=N–C) groups is 1. The normalized spacial score (nSPS) is 16.3. The van der Waals surface area contributed by atoms with Crippen molar-refractivity contribution < 1.29 is 14.0 Å². The summed E-state index contributed by atoms with van der Waals surface area (Å²) in [5, 5.41) is 4.77. The first-order valence-corrected chi connectivity index (χ1v) is 16.8. The zero-order chi connectivity index (χ0) is 29.3. The van der Waals surface area contributed by atoms with Gasteiger partial charge in [0.2, 0.25) is 6.73 Å². The van der Waals surface area contributed by atoms with E-state index in [1.165, 1.54) is 68.2 Å². The molecule has 41 heavy (non-hydrogen) atoms. The molecule has 226 valence electrons. The molecule has 2 aliphatic rings. The first kappa shape index (κ1) is 31.6. The van der Waals surface area contributed by atoms with Crippen LogP contribution >= 0.6 is 11.3 Å². The molecule has 0 spiro atoms. The van der Waals surface area contributed by atoms with Crippen LogP contribution in [-0.4, -0.2) is 61.1 Å². The van der Waals surface area contributed by atoms with E-state index in [0.717, 1.165) is 65.7 Å². The number of rotatable bonds is 14. The maximum atomic E-state index is 13.1. The summed E-state index contributed by atoms with van der Waals surface area (Å²) in [5.74, 6) is 0.993. The van der Waals surface area contributed by atoms with Crippen molar-refractivity contribution in [3.05, 3.63) is 40.8 Å². The minimum Gasteiger partial charge on any atom is -0.415 e. The van der Waals surface area contributed by atoms with Crippen molar-refractivity contribution in [1.29, 1.82) is 0 Å². The van der Waals surface area contributed by atoms with Gasteiger partial charge in [0.1, 0.15) is 10.8 Å². The van der Waals surface area contributed by atoms with Crippen LogP contribution < -0.4 is 5.32 Å². The Bertz CT molecular complexity index is 1160. The number of amidine groups is 1. The van der Waals surface area contributed by atoms with Crippen molar-refractivity contribution >= 4 is 39.5 Å². The Hall–Kier alpha value is -2.38. The number of nitrogens with one attached hydrogen (secondary N) is 1. The van der Waals surface area contributed by atoms with Crippen LogP contribution in [0.25, 0.3) is 0 Å². The Morgan fingerprint density at radius 2 is 1.66 bits per heavy atom. The Kier molecular flexibility index (Phi) is 11.3. The van der Waals surface area contributed by atoms with Crippen LogP contribution in [0.15, 0.2) is 35.3 Å². The van der Waals surface area contributed by atoms with Crippen LogP contribution in [0, 0.1) is 12.3 Å². The molecule has 2 aromatic rings. The van der Waals surface area contributed by atoms with Crippen LogP contribution in [0.3, 0.4) is 0 Å². The predicted molar refractivity (Wildman–Crippen MR) is 174 cm³/mol. The highest BCUT2D eigenvalue weighted by Gasteiger charge is 2.36. The lowest BCUT2D eigenvalue weighted by Crippen LogP contribution is -2.59. The maximum absolute atomic E-state index is 13.1. The molecule has 0 amide bonds. The number of piperazine rings is 1. The Morgan fingerprint density at radius 1 is 1.02 bits per heavy atom. The summed E-state index contributed by atoms with van der Waals surface area (Å²) in [5.41, 5.74) is 2.78. The summed E-state index contributed by atoms with van der Waals surface area (Å²) in [4.78, 5) is 21.9. The van der Waals surface area contributed by atoms with E-state index in [0.29, 0.717) is 6.73 Å². The number of aryl methyl sites for hydroxylation is 1. The van der Waals surface area contributed by atoms with Gasteiger partial charge in [-0.3, -0.25) is 9.28 Å². The van der Waals surface area contributed by atoms with Gasteiger partial charge in [-0.05, 0) is 45.4 Å². The number of likely N-dealkylation sites (N-methyl/N-ethyl adjacent to an activating group) is 1. The van der Waals surface area contributed by atoms with Crippen molar-refractivity contribution in [3.8, 4) is 0 Å². The third-order valence-electron chi connectivity index (χ3n) is 8.81. The zero-order valence-corrected chi connectivity index (χ0v) is 27.1. The molecule has 4 rings (SSSR count). The Balaban J connectivity index is 1.22. The highest BCUT2D eigenvalue weighted by molar-refractivity contribution is 7.16. The number of para-hydroxylation sites is 2. The highest BCUT2D eigenvalue weighted by Crippen LogP contribution is 2.39. The molecule has 2 aliphatic heterocycles. The van der Waals surface area contributed by atoms with Gasteiger partial charge >= 0.3 is 5.97 Å². The zero-order valence-electron chi connectivity index (χ0n) is 26.3. The summed E-state index contributed by atoms with van der Waals surface area (Å²) in [6, 6.07) is 10.5. The van der Waals surface area contributed by atoms with Crippen LogP contribution in [0.2, 0.25) is 0 Å². The molecule has 7 heteroatoms. The molecule has 1 aromatic carbocycles. The number of hydrogen-bond acceptors (Lipinski definition) is 6. The smallest absolute Gasteiger partial charge is 0.315 e. The number of anilines is 2. The van der Waals surface area contributed by atoms with Crippen LogP contribution in [0.5, 0.6) is 0 Å². The van der Waals surface area contributed by atoms with Gasteiger partial charge < -0.3 is 15.0 Å². The first-order chi connectivity index (χ1) is 19.7. The summed E-state index contributed by atoms with van der Waals surface area (Å²) < 4.78 is 6.72. The predicted octanol–water partition coefficient (Wildman–Crippen LogP) is 8.79. The van der Waals surface area contributed by atoms with Gasteiger partial charge in [-0.25, -0.2) is 4.99 Å². The van der Waals surface area contributed by atoms with E-state index in [9.17, 15) is 4.79 Å². The Morgan fingerprint density at radius 3 is 2.34 bits per heavy atom. The number of carbonyl (C=O) groups is 1. The van der Waals surface area contributed by atoms with E-state index in [4.69, 9.17) is 9.73 Å². The second-order valence-electron chi connectivity index (χ2n) is 13.1. The summed E-state index contributed by atoms with van der Waals surface area (Å²) in [7, 11) is 2.21. The average Bonchev–Trinajstić information content (AvgIpc) is 3.24. The van der Waals surface area contributed by atoms with Crippen molar-refractivity contribution in [1.82, 2.24) is 4.90 Å². The average molecular weight is 582 g/mol. The third kappa shape index (κ3) is 8.81. The second kappa shape index (κ2) is 14.7. The van der Waals surface area contributed by atoms with E-state index >= 15 is 0 Å². The number of ether oxygens (including phenoxy) is 1. The number of fused-ring (bicyclic) bond motifs is 2. The van der Waals surface area contributed by atoms with E-state index in [1.807, 2.05) is 6.07 Å². The van der Waals surface area contributed by atoms with Crippen LogP contribution in [-0.2, 0) is 9.53 Å². The van der Waals surface area contributed by atoms with E-state index in [2.05, 4.69) is 69.2 Å². The summed E-state index contributed by atoms with van der Waals surface area (Å²) in [6.07, 6.45) is 14.0. The van der Waals surface area contributed by atoms with Crippen molar-refractivity contribution in [2.24, 2.45) is 10.4 Å². The molecule has 1 saturated heterocycles.